The fraction of sp³-hybridized carbons (Fsp3) is 0.250. The zero-order valence-corrected chi connectivity index (χ0v) is 18.9. The highest BCUT2D eigenvalue weighted by Crippen LogP contribution is 2.39. The van der Waals surface area contributed by atoms with Crippen LogP contribution in [0.1, 0.15) is 35.4 Å². The summed E-state index contributed by atoms with van der Waals surface area (Å²) < 4.78 is 9.31. The molecule has 0 saturated carbocycles. The zero-order valence-electron chi connectivity index (χ0n) is 17.3. The first-order valence-corrected chi connectivity index (χ1v) is 11.1. The molecular weight excluding hydrogens is 416 g/mol. The number of anilines is 1. The van der Waals surface area contributed by atoms with Crippen LogP contribution in [-0.4, -0.2) is 29.3 Å². The number of amides is 1. The van der Waals surface area contributed by atoms with Crippen LogP contribution in [0, 0.1) is 6.92 Å². The van der Waals surface area contributed by atoms with E-state index in [1.54, 1.807) is 18.3 Å². The molecule has 0 radical (unpaired) electrons. The van der Waals surface area contributed by atoms with Crippen LogP contribution >= 0.6 is 22.9 Å². The summed E-state index contributed by atoms with van der Waals surface area (Å²) in [6.07, 6.45) is 2.50. The van der Waals surface area contributed by atoms with E-state index in [0.29, 0.717) is 5.75 Å². The minimum Gasteiger partial charge on any atom is -0.479 e. The molecule has 152 valence electrons. The van der Waals surface area contributed by atoms with E-state index in [0.717, 1.165) is 28.4 Å². The molecule has 2 aliphatic heterocycles. The van der Waals surface area contributed by atoms with Crippen molar-refractivity contribution in [2.45, 2.75) is 33.3 Å². The maximum absolute atomic E-state index is 12.1. The second-order valence-electron chi connectivity index (χ2n) is 8.06. The fourth-order valence-corrected chi connectivity index (χ4v) is 5.89. The normalized spacial score (nSPS) is 18.4. The molecule has 6 heteroatoms. The van der Waals surface area contributed by atoms with Crippen LogP contribution in [-0.2, 0) is 11.2 Å². The van der Waals surface area contributed by atoms with Gasteiger partial charge < -0.3 is 10.1 Å². The minimum atomic E-state index is -0.504. The second kappa shape index (κ2) is 6.96. The number of aryl methyl sites for hydroxylation is 1. The summed E-state index contributed by atoms with van der Waals surface area (Å²) in [6, 6.07) is 10.2. The van der Waals surface area contributed by atoms with Gasteiger partial charge in [0.1, 0.15) is 17.7 Å². The Kier molecular flexibility index (Phi) is 4.49. The molecule has 1 N–H and O–H groups in total. The Bertz CT molecular complexity index is 1300. The van der Waals surface area contributed by atoms with E-state index in [1.807, 2.05) is 12.1 Å². The van der Waals surface area contributed by atoms with Gasteiger partial charge in [0.2, 0.25) is 5.71 Å². The molecule has 0 fully saturated rings. The highest BCUT2D eigenvalue weighted by atomic mass is 35.5. The van der Waals surface area contributed by atoms with Gasteiger partial charge in [0.25, 0.3) is 5.91 Å². The first-order valence-electron chi connectivity index (χ1n) is 9.92. The number of benzene rings is 2. The van der Waals surface area contributed by atoms with Crippen molar-refractivity contribution >= 4 is 50.3 Å². The van der Waals surface area contributed by atoms with Gasteiger partial charge in [0.15, 0.2) is 12.3 Å². The number of nitrogens with one attached hydrogen (secondary N) is 1. The number of rotatable bonds is 1. The lowest BCUT2D eigenvalue weighted by atomic mass is 9.95. The summed E-state index contributed by atoms with van der Waals surface area (Å²) in [5.74, 6) is 0.606. The molecule has 3 heterocycles. The average Bonchev–Trinajstić information content (AvgIpc) is 2.92. The van der Waals surface area contributed by atoms with Gasteiger partial charge in [-0.3, -0.25) is 4.79 Å². The van der Waals surface area contributed by atoms with Gasteiger partial charge in [-0.1, -0.05) is 17.7 Å². The van der Waals surface area contributed by atoms with Crippen LogP contribution < -0.4 is 10.1 Å². The van der Waals surface area contributed by atoms with Crippen molar-refractivity contribution in [2.75, 3.05) is 12.4 Å². The van der Waals surface area contributed by atoms with Gasteiger partial charge in [0, 0.05) is 16.1 Å². The number of hydrogen-bond acceptors (Lipinski definition) is 3. The van der Waals surface area contributed by atoms with E-state index in [-0.39, 0.29) is 5.91 Å². The molecular formula is C24H22ClN2O2S+. The number of allylic oxidation sites excluding steroid dienone is 1. The Morgan fingerprint density at radius 3 is 2.83 bits per heavy atom. The van der Waals surface area contributed by atoms with E-state index < -0.39 is 6.10 Å². The molecule has 3 aromatic rings. The van der Waals surface area contributed by atoms with Crippen molar-refractivity contribution in [3.63, 3.8) is 0 Å². The SMILES string of the molecule is CC1=C[N+](C)=C(c2sc3cc(Cl)ccc3c2C)c2cc3c(cc2C1)NC(=O)C(C)O3. The number of halogens is 1. The van der Waals surface area contributed by atoms with E-state index in [4.69, 9.17) is 16.3 Å². The van der Waals surface area contributed by atoms with Crippen molar-refractivity contribution in [1.29, 1.82) is 0 Å². The fourth-order valence-electron chi connectivity index (χ4n) is 4.30. The van der Waals surface area contributed by atoms with Crippen LogP contribution in [0.5, 0.6) is 5.75 Å². The molecule has 0 saturated heterocycles. The van der Waals surface area contributed by atoms with E-state index in [2.05, 4.69) is 55.2 Å². The van der Waals surface area contributed by atoms with Crippen LogP contribution in [0.4, 0.5) is 5.69 Å². The molecule has 2 aliphatic rings. The third-order valence-electron chi connectivity index (χ3n) is 5.74. The van der Waals surface area contributed by atoms with Crippen LogP contribution in [0.15, 0.2) is 42.1 Å². The maximum Gasteiger partial charge on any atom is 0.265 e. The Labute approximate surface area is 184 Å². The second-order valence-corrected chi connectivity index (χ2v) is 9.55. The van der Waals surface area contributed by atoms with Crippen LogP contribution in [0.25, 0.3) is 10.1 Å². The Morgan fingerprint density at radius 1 is 1.23 bits per heavy atom. The molecule has 1 amide bonds. The first-order chi connectivity index (χ1) is 14.3. The van der Waals surface area contributed by atoms with Gasteiger partial charge in [-0.25, -0.2) is 0 Å². The topological polar surface area (TPSA) is 41.3 Å². The van der Waals surface area contributed by atoms with Crippen molar-refractivity contribution in [3.05, 3.63) is 68.7 Å². The molecule has 5 rings (SSSR count). The minimum absolute atomic E-state index is 0.109. The predicted octanol–water partition coefficient (Wildman–Crippen LogP) is 5.52. The van der Waals surface area contributed by atoms with Gasteiger partial charge in [-0.15, -0.1) is 11.3 Å². The number of hydrogen-bond donors (Lipinski definition) is 1. The number of fused-ring (bicyclic) bond motifs is 3. The largest absolute Gasteiger partial charge is 0.479 e. The van der Waals surface area contributed by atoms with Gasteiger partial charge in [0.05, 0.1) is 11.3 Å². The predicted molar refractivity (Wildman–Crippen MR) is 124 cm³/mol. The molecule has 4 nitrogen and oxygen atoms in total. The molecule has 2 aromatic carbocycles. The number of carbonyl (C=O) groups excluding carboxylic acids is 1. The lowest BCUT2D eigenvalue weighted by Gasteiger charge is -2.24. The van der Waals surface area contributed by atoms with Crippen molar-refractivity contribution in [3.8, 4) is 5.75 Å². The quantitative estimate of drug-likeness (QED) is 0.509. The van der Waals surface area contributed by atoms with E-state index in [9.17, 15) is 4.79 Å². The van der Waals surface area contributed by atoms with Gasteiger partial charge in [-0.2, -0.15) is 4.58 Å². The Hall–Kier alpha value is -2.63. The number of thiophene rings is 1. The monoisotopic (exact) mass is 437 g/mol. The molecule has 1 aromatic heterocycles. The highest BCUT2D eigenvalue weighted by molar-refractivity contribution is 7.21. The standard InChI is InChI=1S/C24H21ClN2O2S/c1-12-7-15-8-19-20(29-14(3)24(28)26-19)10-18(15)22(27(4)11-12)23-13(2)17-6-5-16(25)9-21(17)30-23/h5-6,8-11,14H,7H2,1-4H3/p+1. The summed E-state index contributed by atoms with van der Waals surface area (Å²) in [6.45, 7) is 6.07. The van der Waals surface area contributed by atoms with Crippen LogP contribution in [0.2, 0.25) is 5.02 Å². The van der Waals surface area contributed by atoms with Crippen LogP contribution in [0.3, 0.4) is 0 Å². The molecule has 1 unspecified atom stereocenters. The molecule has 0 spiro atoms. The highest BCUT2D eigenvalue weighted by Gasteiger charge is 2.31. The zero-order chi connectivity index (χ0) is 21.2. The summed E-state index contributed by atoms with van der Waals surface area (Å²) in [5.41, 5.74) is 6.70. The number of ether oxygens (including phenoxy) is 1. The molecule has 1 atom stereocenters. The molecule has 0 bridgehead atoms. The smallest absolute Gasteiger partial charge is 0.265 e. The van der Waals surface area contributed by atoms with Gasteiger partial charge in [-0.05, 0) is 67.1 Å². The summed E-state index contributed by atoms with van der Waals surface area (Å²) in [7, 11) is 2.09. The van der Waals surface area contributed by atoms with Crippen molar-refractivity contribution in [1.82, 2.24) is 0 Å². The number of nitrogens with zero attached hydrogens (tertiary/aromatic N) is 1. The maximum atomic E-state index is 12.1. The Morgan fingerprint density at radius 2 is 2.03 bits per heavy atom. The average molecular weight is 438 g/mol. The van der Waals surface area contributed by atoms with E-state index >= 15 is 0 Å². The number of carbonyl (C=O) groups is 1. The lowest BCUT2D eigenvalue weighted by molar-refractivity contribution is -0.421. The van der Waals surface area contributed by atoms with Crippen molar-refractivity contribution < 1.29 is 14.1 Å². The first kappa shape index (κ1) is 19.3. The van der Waals surface area contributed by atoms with Gasteiger partial charge >= 0.3 is 0 Å². The third-order valence-corrected chi connectivity index (χ3v) is 7.24. The molecule has 0 aliphatic carbocycles. The van der Waals surface area contributed by atoms with E-state index in [1.165, 1.54) is 31.7 Å². The molecule has 30 heavy (non-hydrogen) atoms. The third kappa shape index (κ3) is 3.04. The van der Waals surface area contributed by atoms with Crippen molar-refractivity contribution in [2.24, 2.45) is 0 Å². The lowest BCUT2D eigenvalue weighted by Crippen LogP contribution is -2.34. The summed E-state index contributed by atoms with van der Waals surface area (Å²) in [5, 5.41) is 4.95. The summed E-state index contributed by atoms with van der Waals surface area (Å²) >= 11 is 8.01. The Balaban J connectivity index is 1.77. The summed E-state index contributed by atoms with van der Waals surface area (Å²) in [4.78, 5) is 13.3.